The van der Waals surface area contributed by atoms with E-state index >= 15 is 0 Å². The van der Waals surface area contributed by atoms with Gasteiger partial charge in [0.1, 0.15) is 0 Å². The number of para-hydroxylation sites is 1. The van der Waals surface area contributed by atoms with Gasteiger partial charge in [0, 0.05) is 38.4 Å². The molecule has 0 fully saturated rings. The minimum Gasteiger partial charge on any atom is -0.370 e. The summed E-state index contributed by atoms with van der Waals surface area (Å²) in [5.74, 6) is 0. The molecule has 0 spiro atoms. The second-order valence-electron chi connectivity index (χ2n) is 5.23. The van der Waals surface area contributed by atoms with Gasteiger partial charge >= 0.3 is 0 Å². The lowest BCUT2D eigenvalue weighted by Crippen LogP contribution is -2.35. The predicted octanol–water partition coefficient (Wildman–Crippen LogP) is 2.44. The Morgan fingerprint density at radius 1 is 0.947 bits per heavy atom. The minimum absolute atomic E-state index is 1.05. The van der Waals surface area contributed by atoms with Gasteiger partial charge in [0.25, 0.3) is 0 Å². The van der Waals surface area contributed by atoms with Gasteiger partial charge < -0.3 is 15.1 Å². The van der Waals surface area contributed by atoms with E-state index in [1.54, 1.807) is 0 Å². The first-order valence-electron chi connectivity index (χ1n) is 7.39. The van der Waals surface area contributed by atoms with Crippen LogP contribution in [0, 0.1) is 0 Å². The molecule has 0 heterocycles. The molecular weight excluding hydrogens is 234 g/mol. The van der Waals surface area contributed by atoms with Crippen molar-refractivity contribution >= 4 is 5.69 Å². The third-order valence-corrected chi connectivity index (χ3v) is 3.20. The first-order valence-corrected chi connectivity index (χ1v) is 7.39. The number of nitrogens with one attached hydrogen (secondary N) is 1. The summed E-state index contributed by atoms with van der Waals surface area (Å²) in [4.78, 5) is 4.69. The van der Waals surface area contributed by atoms with Crippen LogP contribution in [0.25, 0.3) is 0 Å². The summed E-state index contributed by atoms with van der Waals surface area (Å²) in [7, 11) is 4.22. The van der Waals surface area contributed by atoms with Gasteiger partial charge in [-0.25, -0.2) is 0 Å². The normalized spacial score (nSPS) is 10.9. The first kappa shape index (κ1) is 16.0. The molecule has 108 valence electrons. The summed E-state index contributed by atoms with van der Waals surface area (Å²) in [6.07, 6.45) is 2.50. The molecule has 0 aliphatic heterocycles. The number of hydrogen-bond donors (Lipinski definition) is 1. The molecular formula is C16H29N3. The van der Waals surface area contributed by atoms with E-state index < -0.39 is 0 Å². The summed E-state index contributed by atoms with van der Waals surface area (Å²) in [5, 5.41) is 3.51. The van der Waals surface area contributed by atoms with Crippen LogP contribution in [0.15, 0.2) is 30.3 Å². The highest BCUT2D eigenvalue weighted by atomic mass is 15.1. The van der Waals surface area contributed by atoms with Gasteiger partial charge in [-0.2, -0.15) is 0 Å². The Kier molecular flexibility index (Phi) is 8.26. The van der Waals surface area contributed by atoms with E-state index in [1.165, 1.54) is 18.5 Å². The Morgan fingerprint density at radius 2 is 1.63 bits per heavy atom. The van der Waals surface area contributed by atoms with Crippen molar-refractivity contribution in [3.05, 3.63) is 30.3 Å². The van der Waals surface area contributed by atoms with Crippen LogP contribution in [0.4, 0.5) is 5.69 Å². The summed E-state index contributed by atoms with van der Waals surface area (Å²) >= 11 is 0. The molecule has 3 nitrogen and oxygen atoms in total. The van der Waals surface area contributed by atoms with Gasteiger partial charge in [0.2, 0.25) is 0 Å². The molecule has 0 bridgehead atoms. The zero-order valence-electron chi connectivity index (χ0n) is 12.7. The molecule has 0 atom stereocenters. The van der Waals surface area contributed by atoms with E-state index in [1.807, 2.05) is 0 Å². The van der Waals surface area contributed by atoms with Crippen molar-refractivity contribution in [3.8, 4) is 0 Å². The van der Waals surface area contributed by atoms with Crippen LogP contribution >= 0.6 is 0 Å². The Morgan fingerprint density at radius 3 is 2.26 bits per heavy atom. The topological polar surface area (TPSA) is 18.5 Å². The maximum atomic E-state index is 3.51. The molecule has 19 heavy (non-hydrogen) atoms. The third-order valence-electron chi connectivity index (χ3n) is 3.20. The van der Waals surface area contributed by atoms with E-state index in [-0.39, 0.29) is 0 Å². The molecule has 0 radical (unpaired) electrons. The largest absolute Gasteiger partial charge is 0.370 e. The molecule has 0 unspecified atom stereocenters. The van der Waals surface area contributed by atoms with Crippen molar-refractivity contribution in [2.45, 2.75) is 19.8 Å². The van der Waals surface area contributed by atoms with Gasteiger partial charge in [0.15, 0.2) is 0 Å². The number of benzene rings is 1. The second-order valence-corrected chi connectivity index (χ2v) is 5.23. The standard InChI is InChI=1S/C16H29N3/c1-4-5-13-19(16-9-7-6-8-10-16)15-12-17-11-14-18(2)3/h6-10,17H,4-5,11-15H2,1-3H3. The number of nitrogens with zero attached hydrogens (tertiary/aromatic N) is 2. The molecule has 0 aliphatic rings. The molecule has 0 aromatic heterocycles. The Hall–Kier alpha value is -1.06. The van der Waals surface area contributed by atoms with Crippen LogP contribution in [0.5, 0.6) is 0 Å². The van der Waals surface area contributed by atoms with Crippen LogP contribution in [0.3, 0.4) is 0 Å². The maximum absolute atomic E-state index is 3.51. The number of rotatable bonds is 10. The highest BCUT2D eigenvalue weighted by molar-refractivity contribution is 5.45. The molecule has 1 N–H and O–H groups in total. The fourth-order valence-corrected chi connectivity index (χ4v) is 2.00. The molecule has 0 saturated heterocycles. The van der Waals surface area contributed by atoms with Crippen LogP contribution < -0.4 is 10.2 Å². The van der Waals surface area contributed by atoms with E-state index in [2.05, 4.69) is 66.5 Å². The number of likely N-dealkylation sites (N-methyl/N-ethyl adjacent to an activating group) is 1. The van der Waals surface area contributed by atoms with Gasteiger partial charge in [-0.05, 0) is 32.6 Å². The van der Waals surface area contributed by atoms with Crippen LogP contribution in [-0.2, 0) is 0 Å². The smallest absolute Gasteiger partial charge is 0.0366 e. The lowest BCUT2D eigenvalue weighted by molar-refractivity contribution is 0.401. The van der Waals surface area contributed by atoms with E-state index in [9.17, 15) is 0 Å². The van der Waals surface area contributed by atoms with E-state index in [4.69, 9.17) is 0 Å². The number of hydrogen-bond acceptors (Lipinski definition) is 3. The summed E-state index contributed by atoms with van der Waals surface area (Å²) in [5.41, 5.74) is 1.34. The molecule has 1 rings (SSSR count). The monoisotopic (exact) mass is 263 g/mol. The second kappa shape index (κ2) is 9.82. The Labute approximate surface area is 118 Å². The first-order chi connectivity index (χ1) is 9.24. The van der Waals surface area contributed by atoms with Crippen molar-refractivity contribution < 1.29 is 0 Å². The Bertz CT molecular complexity index is 311. The highest BCUT2D eigenvalue weighted by Crippen LogP contribution is 2.13. The molecule has 0 saturated carbocycles. The van der Waals surface area contributed by atoms with Crippen molar-refractivity contribution in [2.75, 3.05) is 51.7 Å². The SMILES string of the molecule is CCCCN(CCNCCN(C)C)c1ccccc1. The predicted molar refractivity (Wildman–Crippen MR) is 85.0 cm³/mol. The zero-order chi connectivity index (χ0) is 13.9. The molecule has 1 aromatic rings. The van der Waals surface area contributed by atoms with Crippen molar-refractivity contribution in [2.24, 2.45) is 0 Å². The van der Waals surface area contributed by atoms with Crippen LogP contribution in [0.1, 0.15) is 19.8 Å². The van der Waals surface area contributed by atoms with Crippen LogP contribution in [0.2, 0.25) is 0 Å². The lowest BCUT2D eigenvalue weighted by Gasteiger charge is -2.25. The van der Waals surface area contributed by atoms with Gasteiger partial charge in [0.05, 0.1) is 0 Å². The average molecular weight is 263 g/mol. The van der Waals surface area contributed by atoms with E-state index in [0.29, 0.717) is 0 Å². The highest BCUT2D eigenvalue weighted by Gasteiger charge is 2.04. The quantitative estimate of drug-likeness (QED) is 0.654. The number of unbranched alkanes of at least 4 members (excludes halogenated alkanes) is 1. The summed E-state index contributed by atoms with van der Waals surface area (Å²) in [6, 6.07) is 10.7. The van der Waals surface area contributed by atoms with Crippen molar-refractivity contribution in [3.63, 3.8) is 0 Å². The molecule has 1 aromatic carbocycles. The third kappa shape index (κ3) is 7.19. The summed E-state index contributed by atoms with van der Waals surface area (Å²) < 4.78 is 0. The fourth-order valence-electron chi connectivity index (χ4n) is 2.00. The Balaban J connectivity index is 2.34. The van der Waals surface area contributed by atoms with Crippen molar-refractivity contribution in [1.29, 1.82) is 0 Å². The lowest BCUT2D eigenvalue weighted by atomic mass is 10.2. The van der Waals surface area contributed by atoms with Crippen molar-refractivity contribution in [1.82, 2.24) is 10.2 Å². The minimum atomic E-state index is 1.05. The average Bonchev–Trinajstić information content (AvgIpc) is 2.42. The summed E-state index contributed by atoms with van der Waals surface area (Å²) in [6.45, 7) is 7.68. The molecule has 0 amide bonds. The fraction of sp³-hybridized carbons (Fsp3) is 0.625. The zero-order valence-corrected chi connectivity index (χ0v) is 12.7. The number of anilines is 1. The van der Waals surface area contributed by atoms with Crippen LogP contribution in [-0.4, -0.2) is 51.7 Å². The maximum Gasteiger partial charge on any atom is 0.0366 e. The van der Waals surface area contributed by atoms with Gasteiger partial charge in [-0.15, -0.1) is 0 Å². The van der Waals surface area contributed by atoms with Gasteiger partial charge in [-0.1, -0.05) is 31.5 Å². The van der Waals surface area contributed by atoms with E-state index in [0.717, 1.165) is 32.7 Å². The van der Waals surface area contributed by atoms with Gasteiger partial charge in [-0.3, -0.25) is 0 Å². The molecule has 3 heteroatoms. The molecule has 0 aliphatic carbocycles.